The molecular formula is C15H21N5O2. The molecular weight excluding hydrogens is 282 g/mol. The molecule has 3 heterocycles. The Labute approximate surface area is 128 Å². The van der Waals surface area contributed by atoms with Crippen LogP contribution in [0.25, 0.3) is 11.0 Å². The number of hydrogen-bond acceptors (Lipinski definition) is 4. The Bertz CT molecular complexity index is 785. The number of H-pyrrole nitrogens is 1. The van der Waals surface area contributed by atoms with Crippen LogP contribution < -0.4 is 16.2 Å². The van der Waals surface area contributed by atoms with Crippen molar-refractivity contribution in [1.29, 1.82) is 0 Å². The van der Waals surface area contributed by atoms with Crippen molar-refractivity contribution in [1.82, 2.24) is 25.4 Å². The van der Waals surface area contributed by atoms with Crippen molar-refractivity contribution in [2.45, 2.75) is 20.3 Å². The number of amides is 1. The number of carbonyl (C=O) groups is 1. The van der Waals surface area contributed by atoms with E-state index in [4.69, 9.17) is 0 Å². The maximum atomic E-state index is 12.1. The van der Waals surface area contributed by atoms with E-state index in [1.54, 1.807) is 11.7 Å². The highest BCUT2D eigenvalue weighted by molar-refractivity contribution is 5.84. The molecule has 1 saturated heterocycles. The molecule has 0 aliphatic carbocycles. The van der Waals surface area contributed by atoms with Crippen molar-refractivity contribution < 1.29 is 4.79 Å². The average molecular weight is 303 g/mol. The van der Waals surface area contributed by atoms with Crippen molar-refractivity contribution in [3.05, 3.63) is 27.2 Å². The van der Waals surface area contributed by atoms with E-state index in [0.717, 1.165) is 29.9 Å². The highest BCUT2D eigenvalue weighted by atomic mass is 16.1. The molecule has 2 aromatic rings. The average Bonchev–Trinajstić information content (AvgIpc) is 2.67. The molecule has 118 valence electrons. The third-order valence-corrected chi connectivity index (χ3v) is 4.37. The standard InChI is InChI=1S/C15H21N5O2/c1-8-11(4-12(21)17-7-10-5-16-6-10)9(2)18-14-13(8)15(22)19-20(14)3/h10,16H,4-7H2,1-3H3,(H,17,21)(H,19,22). The molecule has 1 fully saturated rings. The number of rotatable bonds is 4. The van der Waals surface area contributed by atoms with Crippen LogP contribution in [0.3, 0.4) is 0 Å². The molecule has 22 heavy (non-hydrogen) atoms. The summed E-state index contributed by atoms with van der Waals surface area (Å²) in [6.45, 7) is 6.38. The van der Waals surface area contributed by atoms with Crippen LogP contribution in [0.1, 0.15) is 16.8 Å². The van der Waals surface area contributed by atoms with Gasteiger partial charge in [-0.1, -0.05) is 0 Å². The van der Waals surface area contributed by atoms with Crippen LogP contribution in [0, 0.1) is 19.8 Å². The first-order chi connectivity index (χ1) is 10.5. The van der Waals surface area contributed by atoms with Gasteiger partial charge in [0.05, 0.1) is 11.8 Å². The molecule has 0 unspecified atom stereocenters. The highest BCUT2D eigenvalue weighted by Crippen LogP contribution is 2.20. The first-order valence-electron chi connectivity index (χ1n) is 7.49. The van der Waals surface area contributed by atoms with Gasteiger partial charge in [0.2, 0.25) is 5.91 Å². The summed E-state index contributed by atoms with van der Waals surface area (Å²) in [4.78, 5) is 28.6. The normalized spacial score (nSPS) is 15.0. The number of pyridine rings is 1. The van der Waals surface area contributed by atoms with Crippen LogP contribution in [0.4, 0.5) is 0 Å². The Morgan fingerprint density at radius 1 is 1.41 bits per heavy atom. The minimum atomic E-state index is -0.162. The number of fused-ring (bicyclic) bond motifs is 1. The smallest absolute Gasteiger partial charge is 0.273 e. The molecule has 1 aliphatic rings. The maximum Gasteiger partial charge on any atom is 0.273 e. The van der Waals surface area contributed by atoms with Crippen LogP contribution in [0.2, 0.25) is 0 Å². The molecule has 1 amide bonds. The van der Waals surface area contributed by atoms with E-state index in [9.17, 15) is 9.59 Å². The monoisotopic (exact) mass is 303 g/mol. The van der Waals surface area contributed by atoms with Crippen molar-refractivity contribution >= 4 is 16.9 Å². The fourth-order valence-corrected chi connectivity index (χ4v) is 2.88. The van der Waals surface area contributed by atoms with Gasteiger partial charge >= 0.3 is 0 Å². The summed E-state index contributed by atoms with van der Waals surface area (Å²) < 4.78 is 1.62. The predicted molar refractivity (Wildman–Crippen MR) is 83.9 cm³/mol. The number of carbonyl (C=O) groups excluding carboxylic acids is 1. The van der Waals surface area contributed by atoms with Crippen LogP contribution in [0.15, 0.2) is 4.79 Å². The minimum absolute atomic E-state index is 0.0217. The van der Waals surface area contributed by atoms with Gasteiger partial charge in [-0.3, -0.25) is 19.4 Å². The topological polar surface area (TPSA) is 91.8 Å². The van der Waals surface area contributed by atoms with E-state index in [0.29, 0.717) is 23.5 Å². The molecule has 7 nitrogen and oxygen atoms in total. The Hall–Kier alpha value is -2.15. The highest BCUT2D eigenvalue weighted by Gasteiger charge is 2.19. The number of aromatic amines is 1. The largest absolute Gasteiger partial charge is 0.355 e. The van der Waals surface area contributed by atoms with Crippen LogP contribution in [0.5, 0.6) is 0 Å². The second-order valence-corrected chi connectivity index (χ2v) is 6.00. The molecule has 0 bridgehead atoms. The van der Waals surface area contributed by atoms with E-state index in [1.807, 2.05) is 13.8 Å². The van der Waals surface area contributed by atoms with E-state index in [2.05, 4.69) is 20.7 Å². The first-order valence-corrected chi connectivity index (χ1v) is 7.49. The zero-order valence-electron chi connectivity index (χ0n) is 13.1. The Morgan fingerprint density at radius 2 is 2.14 bits per heavy atom. The van der Waals surface area contributed by atoms with Crippen molar-refractivity contribution in [3.63, 3.8) is 0 Å². The summed E-state index contributed by atoms with van der Waals surface area (Å²) in [6.07, 6.45) is 0.259. The Balaban J connectivity index is 1.85. The summed E-state index contributed by atoms with van der Waals surface area (Å²) in [7, 11) is 1.76. The number of nitrogens with one attached hydrogen (secondary N) is 3. The zero-order valence-corrected chi connectivity index (χ0v) is 13.1. The van der Waals surface area contributed by atoms with Crippen LogP contribution in [-0.4, -0.2) is 40.3 Å². The fraction of sp³-hybridized carbons (Fsp3) is 0.533. The molecule has 0 atom stereocenters. The van der Waals surface area contributed by atoms with Gasteiger partial charge in [0.25, 0.3) is 5.56 Å². The summed E-state index contributed by atoms with van der Waals surface area (Å²) in [6, 6.07) is 0. The second kappa shape index (κ2) is 5.57. The second-order valence-electron chi connectivity index (χ2n) is 6.00. The molecule has 0 saturated carbocycles. The number of hydrogen-bond donors (Lipinski definition) is 3. The molecule has 3 N–H and O–H groups in total. The van der Waals surface area contributed by atoms with Crippen molar-refractivity contribution in [2.75, 3.05) is 19.6 Å². The number of aromatic nitrogens is 3. The van der Waals surface area contributed by atoms with Crippen LogP contribution in [-0.2, 0) is 18.3 Å². The summed E-state index contributed by atoms with van der Waals surface area (Å²) >= 11 is 0. The Kier molecular flexibility index (Phi) is 3.74. The first kappa shape index (κ1) is 14.8. The lowest BCUT2D eigenvalue weighted by Gasteiger charge is -2.27. The molecule has 0 radical (unpaired) electrons. The van der Waals surface area contributed by atoms with E-state index < -0.39 is 0 Å². The lowest BCUT2D eigenvalue weighted by molar-refractivity contribution is -0.120. The molecule has 3 rings (SSSR count). The van der Waals surface area contributed by atoms with Crippen molar-refractivity contribution in [3.8, 4) is 0 Å². The molecule has 1 aliphatic heterocycles. The molecule has 7 heteroatoms. The van der Waals surface area contributed by atoms with Gasteiger partial charge in [-0.05, 0) is 25.0 Å². The lowest BCUT2D eigenvalue weighted by atomic mass is 10.0. The van der Waals surface area contributed by atoms with Gasteiger partial charge in [-0.15, -0.1) is 0 Å². The molecule has 0 spiro atoms. The quantitative estimate of drug-likeness (QED) is 0.727. The lowest BCUT2D eigenvalue weighted by Crippen LogP contribution is -2.48. The van der Waals surface area contributed by atoms with Gasteiger partial charge < -0.3 is 10.6 Å². The summed E-state index contributed by atoms with van der Waals surface area (Å²) in [5, 5.41) is 9.42. The van der Waals surface area contributed by atoms with Gasteiger partial charge in [0, 0.05) is 38.3 Å². The number of aryl methyl sites for hydroxylation is 3. The van der Waals surface area contributed by atoms with Crippen molar-refractivity contribution in [2.24, 2.45) is 13.0 Å². The third kappa shape index (κ3) is 2.52. The Morgan fingerprint density at radius 3 is 2.77 bits per heavy atom. The van der Waals surface area contributed by atoms with E-state index in [1.165, 1.54) is 0 Å². The fourth-order valence-electron chi connectivity index (χ4n) is 2.88. The van der Waals surface area contributed by atoms with E-state index in [-0.39, 0.29) is 17.9 Å². The van der Waals surface area contributed by atoms with E-state index >= 15 is 0 Å². The maximum absolute atomic E-state index is 12.1. The minimum Gasteiger partial charge on any atom is -0.355 e. The van der Waals surface area contributed by atoms with Crippen LogP contribution >= 0.6 is 0 Å². The predicted octanol–water partition coefficient (Wildman–Crippen LogP) is -0.243. The van der Waals surface area contributed by atoms with Gasteiger partial charge in [-0.25, -0.2) is 4.98 Å². The summed E-state index contributed by atoms with van der Waals surface area (Å²) in [5.41, 5.74) is 2.94. The molecule has 2 aromatic heterocycles. The molecule has 0 aromatic carbocycles. The SMILES string of the molecule is Cc1nc2c(c(C)c1CC(=O)NCC1CNC1)c(=O)[nH]n2C. The summed E-state index contributed by atoms with van der Waals surface area (Å²) in [5.74, 6) is 0.510. The van der Waals surface area contributed by atoms with Gasteiger partial charge in [0.1, 0.15) is 0 Å². The van der Waals surface area contributed by atoms with Gasteiger partial charge in [-0.2, -0.15) is 0 Å². The number of nitrogens with zero attached hydrogens (tertiary/aromatic N) is 2. The zero-order chi connectivity index (χ0) is 15.9. The van der Waals surface area contributed by atoms with Gasteiger partial charge in [0.15, 0.2) is 5.65 Å². The third-order valence-electron chi connectivity index (χ3n) is 4.37.